The summed E-state index contributed by atoms with van der Waals surface area (Å²) in [5.74, 6) is 1.45. The summed E-state index contributed by atoms with van der Waals surface area (Å²) in [6.45, 7) is 2.38. The summed E-state index contributed by atoms with van der Waals surface area (Å²) in [6, 6.07) is 0. The van der Waals surface area contributed by atoms with Gasteiger partial charge in [-0.05, 0) is 5.75 Å². The highest BCUT2D eigenvalue weighted by Crippen LogP contribution is 1.95. The van der Waals surface area contributed by atoms with Crippen molar-refractivity contribution in [1.82, 2.24) is 5.32 Å². The summed E-state index contributed by atoms with van der Waals surface area (Å²) in [6.07, 6.45) is 0. The molecule has 2 N–H and O–H groups in total. The zero-order valence-electron chi connectivity index (χ0n) is 6.09. The molecule has 0 aliphatic rings. The van der Waals surface area contributed by atoms with Gasteiger partial charge in [0, 0.05) is 6.54 Å². The summed E-state index contributed by atoms with van der Waals surface area (Å²) in [4.78, 5) is 10.7. The van der Waals surface area contributed by atoms with Crippen LogP contribution in [0, 0.1) is 0 Å². The van der Waals surface area contributed by atoms with Gasteiger partial charge in [-0.2, -0.15) is 11.8 Å². The average Bonchev–Trinajstić information content (AvgIpc) is 1.97. The van der Waals surface area contributed by atoms with E-state index in [2.05, 4.69) is 5.32 Å². The number of hydrogen-bond donors (Lipinski definition) is 2. The van der Waals surface area contributed by atoms with Crippen molar-refractivity contribution in [3.8, 4) is 0 Å². The van der Waals surface area contributed by atoms with Crippen molar-refractivity contribution in [2.75, 3.05) is 24.7 Å². The van der Waals surface area contributed by atoms with Crippen LogP contribution < -0.4 is 5.32 Å². The zero-order valence-corrected chi connectivity index (χ0v) is 6.91. The molecule has 1 amide bonds. The summed E-state index contributed by atoms with van der Waals surface area (Å²) in [7, 11) is 0. The van der Waals surface area contributed by atoms with Gasteiger partial charge in [-0.3, -0.25) is 4.79 Å². The van der Waals surface area contributed by atoms with Gasteiger partial charge in [-0.15, -0.1) is 0 Å². The molecule has 0 aromatic heterocycles. The molecule has 3 nitrogen and oxygen atoms in total. The molecule has 0 fully saturated rings. The number of thioether (sulfide) groups is 1. The van der Waals surface area contributed by atoms with Crippen LogP contribution in [0.5, 0.6) is 0 Å². The van der Waals surface area contributed by atoms with Gasteiger partial charge in [-0.1, -0.05) is 6.92 Å². The Kier molecular flexibility index (Phi) is 6.74. The lowest BCUT2D eigenvalue weighted by molar-refractivity contribution is -0.118. The van der Waals surface area contributed by atoms with E-state index < -0.39 is 0 Å². The third-order valence-corrected chi connectivity index (χ3v) is 1.75. The molecule has 0 rings (SSSR count). The molecule has 0 bridgehead atoms. The summed E-state index contributed by atoms with van der Waals surface area (Å²) < 4.78 is 0. The van der Waals surface area contributed by atoms with Gasteiger partial charge in [0.15, 0.2) is 0 Å². The predicted molar refractivity (Wildman–Crippen MR) is 43.1 cm³/mol. The fourth-order valence-corrected chi connectivity index (χ4v) is 0.933. The second-order valence-electron chi connectivity index (χ2n) is 1.71. The van der Waals surface area contributed by atoms with Crippen LogP contribution in [0.2, 0.25) is 0 Å². The monoisotopic (exact) mass is 163 g/mol. The minimum atomic E-state index is 0.000833. The molecule has 0 saturated heterocycles. The van der Waals surface area contributed by atoms with Crippen molar-refractivity contribution in [3.63, 3.8) is 0 Å². The van der Waals surface area contributed by atoms with Gasteiger partial charge in [0.2, 0.25) is 5.91 Å². The number of carbonyl (C=O) groups excluding carboxylic acids is 1. The molecule has 0 heterocycles. The largest absolute Gasteiger partial charge is 0.395 e. The third-order valence-electron chi connectivity index (χ3n) is 0.871. The van der Waals surface area contributed by atoms with E-state index in [4.69, 9.17) is 5.11 Å². The van der Waals surface area contributed by atoms with Crippen LogP contribution in [0.1, 0.15) is 6.92 Å². The number of nitrogens with one attached hydrogen (secondary N) is 1. The first-order valence-electron chi connectivity index (χ1n) is 3.26. The molecule has 0 unspecified atom stereocenters. The third kappa shape index (κ3) is 5.91. The van der Waals surface area contributed by atoms with Crippen LogP contribution in [0.15, 0.2) is 0 Å². The Morgan fingerprint density at radius 2 is 2.40 bits per heavy atom. The summed E-state index contributed by atoms with van der Waals surface area (Å²) in [5, 5.41) is 10.9. The Morgan fingerprint density at radius 3 is 2.90 bits per heavy atom. The Bertz CT molecular complexity index is 87.7. The van der Waals surface area contributed by atoms with Crippen molar-refractivity contribution in [1.29, 1.82) is 0 Å². The highest BCUT2D eigenvalue weighted by molar-refractivity contribution is 7.99. The molecule has 0 saturated carbocycles. The van der Waals surface area contributed by atoms with Gasteiger partial charge >= 0.3 is 0 Å². The molecule has 0 aliphatic carbocycles. The number of rotatable bonds is 5. The van der Waals surface area contributed by atoms with E-state index >= 15 is 0 Å². The first-order chi connectivity index (χ1) is 4.81. The molecule has 0 aromatic rings. The minimum Gasteiger partial charge on any atom is -0.395 e. The van der Waals surface area contributed by atoms with Crippen LogP contribution in [0.25, 0.3) is 0 Å². The molecule has 60 valence electrons. The number of aliphatic hydroxyl groups excluding tert-OH is 1. The number of amides is 1. The van der Waals surface area contributed by atoms with Crippen LogP contribution in [-0.4, -0.2) is 35.7 Å². The smallest absolute Gasteiger partial charge is 0.230 e. The fraction of sp³-hybridized carbons (Fsp3) is 0.833. The molecule has 0 aromatic carbocycles. The number of hydrogen-bond acceptors (Lipinski definition) is 3. The van der Waals surface area contributed by atoms with E-state index in [9.17, 15) is 4.79 Å². The van der Waals surface area contributed by atoms with E-state index in [1.807, 2.05) is 6.92 Å². The Morgan fingerprint density at radius 1 is 1.70 bits per heavy atom. The second kappa shape index (κ2) is 6.89. The maximum absolute atomic E-state index is 10.7. The molecular weight excluding hydrogens is 150 g/mol. The van der Waals surface area contributed by atoms with E-state index in [1.165, 1.54) is 0 Å². The van der Waals surface area contributed by atoms with Crippen molar-refractivity contribution in [2.45, 2.75) is 6.92 Å². The van der Waals surface area contributed by atoms with Crippen LogP contribution in [0.4, 0.5) is 0 Å². The highest BCUT2D eigenvalue weighted by Gasteiger charge is 1.96. The maximum Gasteiger partial charge on any atom is 0.230 e. The van der Waals surface area contributed by atoms with E-state index in [-0.39, 0.29) is 12.5 Å². The van der Waals surface area contributed by atoms with Crippen molar-refractivity contribution < 1.29 is 9.90 Å². The van der Waals surface area contributed by atoms with Gasteiger partial charge < -0.3 is 10.4 Å². The molecule has 0 aliphatic heterocycles. The normalized spacial score (nSPS) is 9.40. The minimum absolute atomic E-state index is 0.000833. The quantitative estimate of drug-likeness (QED) is 0.592. The zero-order chi connectivity index (χ0) is 7.82. The number of carbonyl (C=O) groups is 1. The van der Waals surface area contributed by atoms with Crippen molar-refractivity contribution in [2.24, 2.45) is 0 Å². The molecule has 4 heteroatoms. The second-order valence-corrected chi connectivity index (χ2v) is 2.98. The average molecular weight is 163 g/mol. The van der Waals surface area contributed by atoms with Crippen molar-refractivity contribution >= 4 is 17.7 Å². The first kappa shape index (κ1) is 9.78. The molecule has 0 atom stereocenters. The Balaban J connectivity index is 3.09. The van der Waals surface area contributed by atoms with Crippen LogP contribution >= 0.6 is 11.8 Å². The van der Waals surface area contributed by atoms with E-state index in [1.54, 1.807) is 11.8 Å². The maximum atomic E-state index is 10.7. The topological polar surface area (TPSA) is 49.3 Å². The highest BCUT2D eigenvalue weighted by atomic mass is 32.2. The van der Waals surface area contributed by atoms with E-state index in [0.717, 1.165) is 5.75 Å². The molecule has 0 spiro atoms. The van der Waals surface area contributed by atoms with Gasteiger partial charge in [0.1, 0.15) is 0 Å². The lowest BCUT2D eigenvalue weighted by Crippen LogP contribution is -2.27. The molecule has 0 radical (unpaired) electrons. The lowest BCUT2D eigenvalue weighted by atomic mass is 10.6. The Labute approximate surface area is 65.2 Å². The molecular formula is C6H13NO2S. The van der Waals surface area contributed by atoms with Gasteiger partial charge in [0.05, 0.1) is 12.4 Å². The Hall–Kier alpha value is -0.220. The molecule has 10 heavy (non-hydrogen) atoms. The predicted octanol–water partition coefficient (Wildman–Crippen LogP) is -0.152. The SMILES string of the molecule is CCSCC(=O)NCCO. The van der Waals surface area contributed by atoms with Crippen molar-refractivity contribution in [3.05, 3.63) is 0 Å². The van der Waals surface area contributed by atoms with Gasteiger partial charge in [-0.25, -0.2) is 0 Å². The standard InChI is InChI=1S/C6H13NO2S/c1-2-10-5-6(9)7-3-4-8/h8H,2-5H2,1H3,(H,7,9). The summed E-state index contributed by atoms with van der Waals surface area (Å²) in [5.41, 5.74) is 0. The first-order valence-corrected chi connectivity index (χ1v) is 4.42. The van der Waals surface area contributed by atoms with Crippen LogP contribution in [-0.2, 0) is 4.79 Å². The number of aliphatic hydroxyl groups is 1. The van der Waals surface area contributed by atoms with Gasteiger partial charge in [0.25, 0.3) is 0 Å². The lowest BCUT2D eigenvalue weighted by Gasteiger charge is -2.00. The summed E-state index contributed by atoms with van der Waals surface area (Å²) >= 11 is 1.57. The van der Waals surface area contributed by atoms with Crippen LogP contribution in [0.3, 0.4) is 0 Å². The van der Waals surface area contributed by atoms with E-state index in [0.29, 0.717) is 12.3 Å². The fourth-order valence-electron chi connectivity index (χ4n) is 0.441.